The predicted octanol–water partition coefficient (Wildman–Crippen LogP) is 3.38. The van der Waals surface area contributed by atoms with Gasteiger partial charge in [0, 0.05) is 0 Å². The lowest BCUT2D eigenvalue weighted by Crippen LogP contribution is -1.95. The quantitative estimate of drug-likeness (QED) is 0.878. The van der Waals surface area contributed by atoms with Crippen LogP contribution in [0.15, 0.2) is 41.1 Å². The molecule has 0 aliphatic carbocycles. The lowest BCUT2D eigenvalue weighted by Gasteiger charge is -2.07. The van der Waals surface area contributed by atoms with Gasteiger partial charge in [0.15, 0.2) is 0 Å². The van der Waals surface area contributed by atoms with Crippen molar-refractivity contribution in [3.05, 3.63) is 52.2 Å². The van der Waals surface area contributed by atoms with Crippen molar-refractivity contribution in [1.29, 1.82) is 0 Å². The van der Waals surface area contributed by atoms with Crippen molar-refractivity contribution < 1.29 is 9.84 Å². The average Bonchev–Trinajstić information content (AvgIpc) is 2.80. The van der Waals surface area contributed by atoms with Crippen LogP contribution in [0.5, 0.6) is 5.75 Å². The molecule has 3 heteroatoms. The van der Waals surface area contributed by atoms with Crippen molar-refractivity contribution in [3.8, 4) is 5.75 Å². The Bertz CT molecular complexity index is 418. The number of aliphatic hydroxyl groups is 1. The smallest absolute Gasteiger partial charge is 0.119 e. The standard InChI is InChI=1S/C13H14O2S/c1-10(14)12-2-4-13(5-3-12)15-8-11-6-7-16-9-11/h2-7,9-10,14H,8H2,1H3. The molecule has 0 bridgehead atoms. The van der Waals surface area contributed by atoms with Gasteiger partial charge < -0.3 is 9.84 Å². The van der Waals surface area contributed by atoms with Crippen molar-refractivity contribution >= 4 is 11.3 Å². The average molecular weight is 234 g/mol. The molecule has 1 N–H and O–H groups in total. The second-order valence-electron chi connectivity index (χ2n) is 3.67. The van der Waals surface area contributed by atoms with Gasteiger partial charge in [-0.15, -0.1) is 0 Å². The summed E-state index contributed by atoms with van der Waals surface area (Å²) in [6.45, 7) is 2.35. The fourth-order valence-electron chi connectivity index (χ4n) is 1.38. The number of hydrogen-bond acceptors (Lipinski definition) is 3. The third-order valence-corrected chi connectivity index (χ3v) is 3.08. The van der Waals surface area contributed by atoms with Crippen LogP contribution < -0.4 is 4.74 Å². The van der Waals surface area contributed by atoms with Gasteiger partial charge in [0.1, 0.15) is 12.4 Å². The molecule has 2 aromatic rings. The van der Waals surface area contributed by atoms with E-state index in [0.717, 1.165) is 11.3 Å². The number of rotatable bonds is 4. The lowest BCUT2D eigenvalue weighted by atomic mass is 10.1. The molecule has 0 fully saturated rings. The number of aliphatic hydroxyl groups excluding tert-OH is 1. The van der Waals surface area contributed by atoms with Gasteiger partial charge in [-0.2, -0.15) is 11.3 Å². The molecule has 84 valence electrons. The minimum absolute atomic E-state index is 0.425. The number of hydrogen-bond donors (Lipinski definition) is 1. The van der Waals surface area contributed by atoms with E-state index >= 15 is 0 Å². The van der Waals surface area contributed by atoms with Crippen LogP contribution in [-0.2, 0) is 6.61 Å². The van der Waals surface area contributed by atoms with Crippen molar-refractivity contribution in [2.75, 3.05) is 0 Å². The Balaban J connectivity index is 1.95. The third kappa shape index (κ3) is 2.84. The highest BCUT2D eigenvalue weighted by molar-refractivity contribution is 7.07. The van der Waals surface area contributed by atoms with E-state index in [1.807, 2.05) is 29.6 Å². The van der Waals surface area contributed by atoms with Gasteiger partial charge in [-0.3, -0.25) is 0 Å². The molecule has 0 aliphatic rings. The Morgan fingerprint density at radius 2 is 2.00 bits per heavy atom. The van der Waals surface area contributed by atoms with Crippen LogP contribution in [0.25, 0.3) is 0 Å². The molecule has 0 spiro atoms. The summed E-state index contributed by atoms with van der Waals surface area (Å²) in [5.74, 6) is 0.829. The summed E-state index contributed by atoms with van der Waals surface area (Å²) in [5.41, 5.74) is 2.09. The van der Waals surface area contributed by atoms with Gasteiger partial charge >= 0.3 is 0 Å². The van der Waals surface area contributed by atoms with E-state index < -0.39 is 6.10 Å². The number of thiophene rings is 1. The van der Waals surface area contributed by atoms with Crippen LogP contribution >= 0.6 is 11.3 Å². The summed E-state index contributed by atoms with van der Waals surface area (Å²) in [4.78, 5) is 0. The molecular weight excluding hydrogens is 220 g/mol. The van der Waals surface area contributed by atoms with Crippen LogP contribution in [0.1, 0.15) is 24.2 Å². The van der Waals surface area contributed by atoms with Gasteiger partial charge in [-0.25, -0.2) is 0 Å². The normalized spacial score (nSPS) is 12.4. The molecule has 1 heterocycles. The van der Waals surface area contributed by atoms with Crippen molar-refractivity contribution in [2.45, 2.75) is 19.6 Å². The number of ether oxygens (including phenoxy) is 1. The molecule has 1 aromatic carbocycles. The van der Waals surface area contributed by atoms with E-state index in [1.54, 1.807) is 18.3 Å². The van der Waals surface area contributed by atoms with E-state index in [-0.39, 0.29) is 0 Å². The molecule has 0 radical (unpaired) electrons. The molecule has 2 rings (SSSR count). The van der Waals surface area contributed by atoms with Crippen LogP contribution in [0.2, 0.25) is 0 Å². The summed E-state index contributed by atoms with van der Waals surface area (Å²) < 4.78 is 5.61. The molecule has 1 atom stereocenters. The van der Waals surface area contributed by atoms with Gasteiger partial charge in [0.25, 0.3) is 0 Å². The minimum Gasteiger partial charge on any atom is -0.489 e. The van der Waals surface area contributed by atoms with Gasteiger partial charge in [-0.05, 0) is 47.0 Å². The van der Waals surface area contributed by atoms with Crippen LogP contribution in [-0.4, -0.2) is 5.11 Å². The summed E-state index contributed by atoms with van der Waals surface area (Å²) in [7, 11) is 0. The van der Waals surface area contributed by atoms with E-state index in [1.165, 1.54) is 5.56 Å². The maximum atomic E-state index is 9.36. The second kappa shape index (κ2) is 5.14. The first kappa shape index (κ1) is 11.2. The Kier molecular flexibility index (Phi) is 3.59. The molecule has 2 nitrogen and oxygen atoms in total. The maximum Gasteiger partial charge on any atom is 0.119 e. The van der Waals surface area contributed by atoms with E-state index in [9.17, 15) is 5.11 Å². The monoisotopic (exact) mass is 234 g/mol. The highest BCUT2D eigenvalue weighted by atomic mass is 32.1. The Morgan fingerprint density at radius 3 is 2.56 bits per heavy atom. The molecule has 0 aliphatic heterocycles. The van der Waals surface area contributed by atoms with E-state index in [0.29, 0.717) is 6.61 Å². The first-order chi connectivity index (χ1) is 7.75. The minimum atomic E-state index is -0.425. The van der Waals surface area contributed by atoms with Crippen molar-refractivity contribution in [1.82, 2.24) is 0 Å². The second-order valence-corrected chi connectivity index (χ2v) is 4.45. The zero-order valence-electron chi connectivity index (χ0n) is 9.09. The van der Waals surface area contributed by atoms with E-state index in [4.69, 9.17) is 4.74 Å². The highest BCUT2D eigenvalue weighted by Crippen LogP contribution is 2.18. The molecule has 16 heavy (non-hydrogen) atoms. The molecule has 0 saturated heterocycles. The summed E-state index contributed by atoms with van der Waals surface area (Å²) in [6.07, 6.45) is -0.425. The van der Waals surface area contributed by atoms with Crippen LogP contribution in [0, 0.1) is 0 Å². The van der Waals surface area contributed by atoms with Gasteiger partial charge in [-0.1, -0.05) is 12.1 Å². The number of benzene rings is 1. The molecular formula is C13H14O2S. The largest absolute Gasteiger partial charge is 0.489 e. The molecule has 1 unspecified atom stereocenters. The van der Waals surface area contributed by atoms with Gasteiger partial charge in [0.2, 0.25) is 0 Å². The lowest BCUT2D eigenvalue weighted by molar-refractivity contribution is 0.199. The first-order valence-corrected chi connectivity index (χ1v) is 6.12. The van der Waals surface area contributed by atoms with Crippen molar-refractivity contribution in [3.63, 3.8) is 0 Å². The highest BCUT2D eigenvalue weighted by Gasteiger charge is 2.01. The molecule has 0 saturated carbocycles. The SMILES string of the molecule is CC(O)c1ccc(OCc2ccsc2)cc1. The van der Waals surface area contributed by atoms with Crippen molar-refractivity contribution in [2.24, 2.45) is 0 Å². The van der Waals surface area contributed by atoms with Crippen LogP contribution in [0.4, 0.5) is 0 Å². The van der Waals surface area contributed by atoms with Gasteiger partial charge in [0.05, 0.1) is 6.10 Å². The maximum absolute atomic E-state index is 9.36. The summed E-state index contributed by atoms with van der Waals surface area (Å²) >= 11 is 1.67. The third-order valence-electron chi connectivity index (χ3n) is 2.35. The molecule has 0 amide bonds. The van der Waals surface area contributed by atoms with E-state index in [2.05, 4.69) is 11.4 Å². The zero-order chi connectivity index (χ0) is 11.4. The Labute approximate surface area is 99.1 Å². The summed E-state index contributed by atoms with van der Waals surface area (Å²) in [5, 5.41) is 13.5. The predicted molar refractivity (Wildman–Crippen MR) is 65.7 cm³/mol. The topological polar surface area (TPSA) is 29.5 Å². The zero-order valence-corrected chi connectivity index (χ0v) is 9.91. The summed E-state index contributed by atoms with van der Waals surface area (Å²) in [6, 6.07) is 9.58. The Hall–Kier alpha value is -1.32. The van der Waals surface area contributed by atoms with Crippen LogP contribution in [0.3, 0.4) is 0 Å². The molecule has 1 aromatic heterocycles. The fraction of sp³-hybridized carbons (Fsp3) is 0.231. The Morgan fingerprint density at radius 1 is 1.25 bits per heavy atom. The first-order valence-electron chi connectivity index (χ1n) is 5.17. The fourth-order valence-corrected chi connectivity index (χ4v) is 2.04.